The van der Waals surface area contributed by atoms with Crippen molar-refractivity contribution in [2.75, 3.05) is 18.8 Å². The first-order chi connectivity index (χ1) is 6.77. The molecule has 1 aliphatic rings. The molecule has 1 rings (SSSR count). The van der Waals surface area contributed by atoms with Crippen LogP contribution in [-0.4, -0.2) is 29.6 Å². The molecule has 0 spiro atoms. The van der Waals surface area contributed by atoms with Gasteiger partial charge < -0.3 is 4.90 Å². The van der Waals surface area contributed by atoms with E-state index in [-0.39, 0.29) is 5.91 Å². The molecule has 3 heteroatoms. The Bertz CT molecular complexity index is 184. The van der Waals surface area contributed by atoms with Gasteiger partial charge in [-0.3, -0.25) is 4.79 Å². The zero-order valence-electron chi connectivity index (χ0n) is 9.04. The van der Waals surface area contributed by atoms with Crippen molar-refractivity contribution in [1.29, 1.82) is 0 Å². The lowest BCUT2D eigenvalue weighted by Gasteiger charge is -2.20. The Morgan fingerprint density at radius 3 is 2.86 bits per heavy atom. The van der Waals surface area contributed by atoms with E-state index < -0.39 is 0 Å². The molecule has 0 saturated carbocycles. The van der Waals surface area contributed by atoms with Crippen LogP contribution in [0.15, 0.2) is 0 Å². The van der Waals surface area contributed by atoms with Crippen molar-refractivity contribution < 1.29 is 4.79 Å². The zero-order chi connectivity index (χ0) is 10.4. The first kappa shape index (κ1) is 11.9. The van der Waals surface area contributed by atoms with E-state index in [2.05, 4.69) is 19.6 Å². The van der Waals surface area contributed by atoms with Gasteiger partial charge in [0.2, 0.25) is 5.91 Å². The van der Waals surface area contributed by atoms with Crippen molar-refractivity contribution in [3.05, 3.63) is 0 Å². The highest BCUT2D eigenvalue weighted by atomic mass is 32.1. The maximum absolute atomic E-state index is 11.6. The number of carbonyl (C=O) groups is 1. The minimum absolute atomic E-state index is 0.289. The van der Waals surface area contributed by atoms with Crippen molar-refractivity contribution in [2.24, 2.45) is 5.92 Å². The molecule has 0 bridgehead atoms. The normalized spacial score (nSPS) is 23.3. The Morgan fingerprint density at radius 2 is 2.21 bits per heavy atom. The molecule has 0 aromatic carbocycles. The van der Waals surface area contributed by atoms with Crippen molar-refractivity contribution in [3.63, 3.8) is 0 Å². The Kier molecular flexibility index (Phi) is 5.38. The third-order valence-electron chi connectivity index (χ3n) is 3.10. The molecule has 1 aliphatic heterocycles. The van der Waals surface area contributed by atoms with E-state index in [1.165, 1.54) is 25.7 Å². The van der Waals surface area contributed by atoms with Gasteiger partial charge in [-0.25, -0.2) is 0 Å². The Morgan fingerprint density at radius 1 is 1.43 bits per heavy atom. The van der Waals surface area contributed by atoms with Gasteiger partial charge in [0.15, 0.2) is 0 Å². The number of likely N-dealkylation sites (tertiary alicyclic amines) is 1. The highest BCUT2D eigenvalue weighted by molar-refractivity contribution is 7.80. The predicted octanol–water partition coefficient (Wildman–Crippen LogP) is 2.35. The molecule has 14 heavy (non-hydrogen) atoms. The molecule has 0 aliphatic carbocycles. The average Bonchev–Trinajstić information content (AvgIpc) is 2.42. The van der Waals surface area contributed by atoms with Gasteiger partial charge in [-0.2, -0.15) is 12.6 Å². The molecule has 1 atom stereocenters. The second-order valence-corrected chi connectivity index (χ2v) is 4.51. The number of amides is 1. The summed E-state index contributed by atoms with van der Waals surface area (Å²) < 4.78 is 0. The highest BCUT2D eigenvalue weighted by Gasteiger charge is 2.18. The van der Waals surface area contributed by atoms with Gasteiger partial charge in [0.05, 0.1) is 0 Å². The molecule has 0 N–H and O–H groups in total. The maximum Gasteiger partial charge on any atom is 0.223 e. The maximum atomic E-state index is 11.6. The molecule has 0 radical (unpaired) electrons. The van der Waals surface area contributed by atoms with Crippen LogP contribution in [0.2, 0.25) is 0 Å². The van der Waals surface area contributed by atoms with Crippen LogP contribution in [0.5, 0.6) is 0 Å². The summed E-state index contributed by atoms with van der Waals surface area (Å²) in [5.74, 6) is 1.80. The van der Waals surface area contributed by atoms with Crippen molar-refractivity contribution in [1.82, 2.24) is 4.90 Å². The van der Waals surface area contributed by atoms with E-state index in [4.69, 9.17) is 0 Å². The van der Waals surface area contributed by atoms with E-state index >= 15 is 0 Å². The van der Waals surface area contributed by atoms with E-state index in [9.17, 15) is 4.79 Å². The quantitative estimate of drug-likeness (QED) is 0.717. The van der Waals surface area contributed by atoms with Crippen LogP contribution in [0, 0.1) is 5.92 Å². The molecule has 1 unspecified atom stereocenters. The third kappa shape index (κ3) is 3.52. The summed E-state index contributed by atoms with van der Waals surface area (Å²) in [4.78, 5) is 13.6. The van der Waals surface area contributed by atoms with E-state index in [1.54, 1.807) is 0 Å². The van der Waals surface area contributed by atoms with E-state index in [0.717, 1.165) is 19.0 Å². The van der Waals surface area contributed by atoms with E-state index in [1.807, 2.05) is 4.90 Å². The van der Waals surface area contributed by atoms with Crippen LogP contribution in [0.3, 0.4) is 0 Å². The predicted molar refractivity (Wildman–Crippen MR) is 62.7 cm³/mol. The summed E-state index contributed by atoms with van der Waals surface area (Å²) in [5, 5.41) is 0. The minimum atomic E-state index is 0.289. The Balaban J connectivity index is 2.37. The van der Waals surface area contributed by atoms with Gasteiger partial charge in [-0.05, 0) is 30.9 Å². The van der Waals surface area contributed by atoms with Crippen LogP contribution in [0.4, 0.5) is 0 Å². The molecular weight excluding hydrogens is 194 g/mol. The van der Waals surface area contributed by atoms with Crippen LogP contribution >= 0.6 is 12.6 Å². The standard InChI is InChI=1S/C11H21NOS/c1-2-10-4-3-7-12(8-5-10)11(13)6-9-14/h10,14H,2-9H2,1H3. The summed E-state index contributed by atoms with van der Waals surface area (Å²) in [6.07, 6.45) is 5.52. The highest BCUT2D eigenvalue weighted by Crippen LogP contribution is 2.20. The molecule has 1 heterocycles. The van der Waals surface area contributed by atoms with Crippen molar-refractivity contribution in [3.8, 4) is 0 Å². The first-order valence-electron chi connectivity index (χ1n) is 5.66. The molecule has 1 saturated heterocycles. The van der Waals surface area contributed by atoms with E-state index in [0.29, 0.717) is 12.2 Å². The van der Waals surface area contributed by atoms with Gasteiger partial charge in [-0.15, -0.1) is 0 Å². The molecule has 0 aromatic heterocycles. The lowest BCUT2D eigenvalue weighted by Crippen LogP contribution is -2.32. The third-order valence-corrected chi connectivity index (χ3v) is 3.33. The number of hydrogen-bond donors (Lipinski definition) is 1. The molecule has 0 aromatic rings. The number of hydrogen-bond acceptors (Lipinski definition) is 2. The van der Waals surface area contributed by atoms with Crippen molar-refractivity contribution >= 4 is 18.5 Å². The van der Waals surface area contributed by atoms with Crippen LogP contribution in [0.1, 0.15) is 39.0 Å². The zero-order valence-corrected chi connectivity index (χ0v) is 9.93. The summed E-state index contributed by atoms with van der Waals surface area (Å²) in [7, 11) is 0. The summed E-state index contributed by atoms with van der Waals surface area (Å²) in [5.41, 5.74) is 0. The number of thiol groups is 1. The molecular formula is C11H21NOS. The van der Waals surface area contributed by atoms with Crippen LogP contribution in [-0.2, 0) is 4.79 Å². The fraction of sp³-hybridized carbons (Fsp3) is 0.909. The van der Waals surface area contributed by atoms with Crippen LogP contribution < -0.4 is 0 Å². The summed E-state index contributed by atoms with van der Waals surface area (Å²) in [6.45, 7) is 4.17. The van der Waals surface area contributed by atoms with Gasteiger partial charge >= 0.3 is 0 Å². The molecule has 82 valence electrons. The average molecular weight is 215 g/mol. The second kappa shape index (κ2) is 6.33. The number of carbonyl (C=O) groups excluding carboxylic acids is 1. The van der Waals surface area contributed by atoms with Gasteiger partial charge in [0.1, 0.15) is 0 Å². The van der Waals surface area contributed by atoms with Gasteiger partial charge in [0, 0.05) is 19.5 Å². The topological polar surface area (TPSA) is 20.3 Å². The largest absolute Gasteiger partial charge is 0.343 e. The first-order valence-corrected chi connectivity index (χ1v) is 6.29. The molecule has 2 nitrogen and oxygen atoms in total. The fourth-order valence-electron chi connectivity index (χ4n) is 2.08. The minimum Gasteiger partial charge on any atom is -0.343 e. The Labute approximate surface area is 92.5 Å². The molecule has 1 fully saturated rings. The van der Waals surface area contributed by atoms with Crippen molar-refractivity contribution in [2.45, 2.75) is 39.0 Å². The number of nitrogens with zero attached hydrogens (tertiary/aromatic N) is 1. The fourth-order valence-corrected chi connectivity index (χ4v) is 2.27. The summed E-state index contributed by atoms with van der Waals surface area (Å²) in [6, 6.07) is 0. The Hall–Kier alpha value is -0.180. The molecule has 1 amide bonds. The number of rotatable bonds is 3. The smallest absolute Gasteiger partial charge is 0.223 e. The lowest BCUT2D eigenvalue weighted by atomic mass is 9.98. The second-order valence-electron chi connectivity index (χ2n) is 4.06. The monoisotopic (exact) mass is 215 g/mol. The van der Waals surface area contributed by atoms with Crippen LogP contribution in [0.25, 0.3) is 0 Å². The SMILES string of the molecule is CCC1CCCN(C(=O)CCS)CC1. The van der Waals surface area contributed by atoms with Gasteiger partial charge in [-0.1, -0.05) is 13.3 Å². The summed E-state index contributed by atoms with van der Waals surface area (Å²) >= 11 is 4.10. The lowest BCUT2D eigenvalue weighted by molar-refractivity contribution is -0.130. The van der Waals surface area contributed by atoms with Gasteiger partial charge in [0.25, 0.3) is 0 Å².